The molecule has 1 aromatic carbocycles. The summed E-state index contributed by atoms with van der Waals surface area (Å²) in [5.74, 6) is 0.902. The van der Waals surface area contributed by atoms with Gasteiger partial charge >= 0.3 is 0 Å². The molecule has 1 aromatic heterocycles. The fourth-order valence-corrected chi connectivity index (χ4v) is 1.87. The molecule has 4 heteroatoms. The van der Waals surface area contributed by atoms with Crippen LogP contribution in [0.2, 0.25) is 0 Å². The fourth-order valence-electron chi connectivity index (χ4n) is 1.87. The molecule has 2 aromatic rings. The highest BCUT2D eigenvalue weighted by molar-refractivity contribution is 5.63. The first kappa shape index (κ1) is 12.5. The van der Waals surface area contributed by atoms with E-state index >= 15 is 0 Å². The van der Waals surface area contributed by atoms with Crippen molar-refractivity contribution in [1.29, 1.82) is 0 Å². The number of ether oxygens (including phenoxy) is 1. The average molecular weight is 243 g/mol. The summed E-state index contributed by atoms with van der Waals surface area (Å²) in [5, 5.41) is 0. The molecule has 94 valence electrons. The lowest BCUT2D eigenvalue weighted by molar-refractivity contribution is 0.338. The Balaban J connectivity index is 2.42. The fraction of sp³-hybridized carbons (Fsp3) is 0.286. The van der Waals surface area contributed by atoms with Gasteiger partial charge in [-0.2, -0.15) is 0 Å². The van der Waals surface area contributed by atoms with Gasteiger partial charge in [-0.25, -0.2) is 0 Å². The van der Waals surface area contributed by atoms with E-state index in [4.69, 9.17) is 10.5 Å². The largest absolute Gasteiger partial charge is 0.494 e. The van der Waals surface area contributed by atoms with E-state index in [1.807, 2.05) is 32.0 Å². The summed E-state index contributed by atoms with van der Waals surface area (Å²) in [5.41, 5.74) is 9.43. The first-order chi connectivity index (χ1) is 8.76. The van der Waals surface area contributed by atoms with Gasteiger partial charge < -0.3 is 10.5 Å². The molecule has 18 heavy (non-hydrogen) atoms. The molecule has 0 saturated heterocycles. The van der Waals surface area contributed by atoms with Crippen molar-refractivity contribution in [2.75, 3.05) is 6.61 Å². The van der Waals surface area contributed by atoms with Gasteiger partial charge in [0.15, 0.2) is 0 Å². The molecule has 2 rings (SSSR count). The molecule has 0 spiro atoms. The summed E-state index contributed by atoms with van der Waals surface area (Å²) in [7, 11) is 0. The van der Waals surface area contributed by atoms with Crippen molar-refractivity contribution in [2.45, 2.75) is 20.4 Å². The number of nitrogens with two attached hydrogens (primary N) is 1. The molecule has 0 unspecified atom stereocenters. The van der Waals surface area contributed by atoms with Crippen molar-refractivity contribution in [3.8, 4) is 17.0 Å². The molecule has 0 aliphatic rings. The summed E-state index contributed by atoms with van der Waals surface area (Å²) < 4.78 is 5.52. The van der Waals surface area contributed by atoms with Gasteiger partial charge in [0.1, 0.15) is 5.75 Å². The molecular formula is C14H17N3O. The third kappa shape index (κ3) is 2.49. The Bertz CT molecular complexity index is 540. The molecule has 0 amide bonds. The van der Waals surface area contributed by atoms with E-state index in [0.29, 0.717) is 13.2 Å². The minimum Gasteiger partial charge on any atom is -0.494 e. The van der Waals surface area contributed by atoms with Crippen LogP contribution in [0.25, 0.3) is 11.3 Å². The second kappa shape index (κ2) is 5.60. The Morgan fingerprint density at radius 3 is 2.67 bits per heavy atom. The zero-order chi connectivity index (χ0) is 13.0. The van der Waals surface area contributed by atoms with Crippen LogP contribution in [-0.2, 0) is 6.54 Å². The van der Waals surface area contributed by atoms with Crippen molar-refractivity contribution in [3.05, 3.63) is 41.9 Å². The maximum atomic E-state index is 5.68. The van der Waals surface area contributed by atoms with Gasteiger partial charge in [-0.15, -0.1) is 0 Å². The number of hydrogen-bond acceptors (Lipinski definition) is 4. The summed E-state index contributed by atoms with van der Waals surface area (Å²) in [6.07, 6.45) is 3.34. The SMILES string of the molecule is CCOc1ccc(-c2nccnc2CN)cc1C. The first-order valence-corrected chi connectivity index (χ1v) is 6.00. The lowest BCUT2D eigenvalue weighted by Crippen LogP contribution is -2.03. The summed E-state index contributed by atoms with van der Waals surface area (Å²) in [4.78, 5) is 8.60. The first-order valence-electron chi connectivity index (χ1n) is 6.00. The lowest BCUT2D eigenvalue weighted by Gasteiger charge is -2.10. The minimum absolute atomic E-state index is 0.384. The Kier molecular flexibility index (Phi) is 3.89. The van der Waals surface area contributed by atoms with Crippen LogP contribution in [0.3, 0.4) is 0 Å². The van der Waals surface area contributed by atoms with Gasteiger partial charge in [0, 0.05) is 24.5 Å². The maximum absolute atomic E-state index is 5.68. The maximum Gasteiger partial charge on any atom is 0.122 e. The molecule has 0 radical (unpaired) electrons. The van der Waals surface area contributed by atoms with Crippen molar-refractivity contribution in [2.24, 2.45) is 5.73 Å². The normalized spacial score (nSPS) is 10.4. The summed E-state index contributed by atoms with van der Waals surface area (Å²) >= 11 is 0. The molecule has 0 atom stereocenters. The van der Waals surface area contributed by atoms with Crippen molar-refractivity contribution < 1.29 is 4.74 Å². The van der Waals surface area contributed by atoms with Crippen LogP contribution in [0.4, 0.5) is 0 Å². The van der Waals surface area contributed by atoms with Crippen LogP contribution in [0.15, 0.2) is 30.6 Å². The molecule has 4 nitrogen and oxygen atoms in total. The van der Waals surface area contributed by atoms with Gasteiger partial charge in [-0.1, -0.05) is 0 Å². The van der Waals surface area contributed by atoms with Crippen LogP contribution in [0.1, 0.15) is 18.2 Å². The predicted octanol–water partition coefficient (Wildman–Crippen LogP) is 2.31. The van der Waals surface area contributed by atoms with E-state index in [9.17, 15) is 0 Å². The quantitative estimate of drug-likeness (QED) is 0.895. The van der Waals surface area contributed by atoms with Gasteiger partial charge in [0.05, 0.1) is 18.0 Å². The summed E-state index contributed by atoms with van der Waals surface area (Å²) in [6, 6.07) is 6.00. The number of aryl methyl sites for hydroxylation is 1. The molecular weight excluding hydrogens is 226 g/mol. The second-order valence-electron chi connectivity index (χ2n) is 3.97. The lowest BCUT2D eigenvalue weighted by atomic mass is 10.1. The third-order valence-corrected chi connectivity index (χ3v) is 2.72. The number of benzene rings is 1. The standard InChI is InChI=1S/C14H17N3O/c1-3-18-13-5-4-11(8-10(13)2)14-12(9-15)16-6-7-17-14/h4-8H,3,9,15H2,1-2H3. The van der Waals surface area contributed by atoms with Crippen molar-refractivity contribution in [1.82, 2.24) is 9.97 Å². The van der Waals surface area contributed by atoms with Crippen LogP contribution in [0.5, 0.6) is 5.75 Å². The van der Waals surface area contributed by atoms with E-state index in [1.54, 1.807) is 12.4 Å². The molecule has 0 bridgehead atoms. The minimum atomic E-state index is 0.384. The number of hydrogen-bond donors (Lipinski definition) is 1. The third-order valence-electron chi connectivity index (χ3n) is 2.72. The molecule has 0 fully saturated rings. The highest BCUT2D eigenvalue weighted by Crippen LogP contribution is 2.26. The molecule has 2 N–H and O–H groups in total. The molecule has 0 aliphatic heterocycles. The van der Waals surface area contributed by atoms with Crippen molar-refractivity contribution in [3.63, 3.8) is 0 Å². The van der Waals surface area contributed by atoms with E-state index < -0.39 is 0 Å². The Labute approximate surface area is 107 Å². The zero-order valence-electron chi connectivity index (χ0n) is 10.7. The summed E-state index contributed by atoms with van der Waals surface area (Å²) in [6.45, 7) is 5.05. The average Bonchev–Trinajstić information content (AvgIpc) is 2.41. The second-order valence-corrected chi connectivity index (χ2v) is 3.97. The Morgan fingerprint density at radius 1 is 1.22 bits per heavy atom. The predicted molar refractivity (Wildman–Crippen MR) is 71.3 cm³/mol. The van der Waals surface area contributed by atoms with E-state index in [1.165, 1.54) is 0 Å². The van der Waals surface area contributed by atoms with E-state index in [0.717, 1.165) is 28.3 Å². The molecule has 0 saturated carbocycles. The number of aromatic nitrogens is 2. The molecule has 1 heterocycles. The monoisotopic (exact) mass is 243 g/mol. The highest BCUT2D eigenvalue weighted by atomic mass is 16.5. The van der Waals surface area contributed by atoms with Gasteiger partial charge in [-0.05, 0) is 37.6 Å². The van der Waals surface area contributed by atoms with Crippen LogP contribution in [-0.4, -0.2) is 16.6 Å². The van der Waals surface area contributed by atoms with Gasteiger partial charge in [-0.3, -0.25) is 9.97 Å². The topological polar surface area (TPSA) is 61.0 Å². The smallest absolute Gasteiger partial charge is 0.122 e. The number of nitrogens with zero attached hydrogens (tertiary/aromatic N) is 2. The van der Waals surface area contributed by atoms with Crippen LogP contribution < -0.4 is 10.5 Å². The van der Waals surface area contributed by atoms with Gasteiger partial charge in [0.25, 0.3) is 0 Å². The highest BCUT2D eigenvalue weighted by Gasteiger charge is 2.08. The van der Waals surface area contributed by atoms with Crippen molar-refractivity contribution >= 4 is 0 Å². The van der Waals surface area contributed by atoms with E-state index in [2.05, 4.69) is 9.97 Å². The number of rotatable bonds is 4. The molecule has 0 aliphatic carbocycles. The Hall–Kier alpha value is -1.94. The zero-order valence-corrected chi connectivity index (χ0v) is 10.7. The van der Waals surface area contributed by atoms with Gasteiger partial charge in [0.2, 0.25) is 0 Å². The van der Waals surface area contributed by atoms with E-state index in [-0.39, 0.29) is 0 Å². The Morgan fingerprint density at radius 2 is 2.00 bits per heavy atom. The van der Waals surface area contributed by atoms with Crippen LogP contribution >= 0.6 is 0 Å². The van der Waals surface area contributed by atoms with Crippen LogP contribution in [0, 0.1) is 6.92 Å².